The number of piperidine rings is 1. The number of ether oxygens (including phenoxy) is 1. The number of hydrogen-bond acceptors (Lipinski definition) is 3. The van der Waals surface area contributed by atoms with E-state index in [2.05, 4.69) is 12.2 Å². The Morgan fingerprint density at radius 1 is 1.40 bits per heavy atom. The van der Waals surface area contributed by atoms with Crippen molar-refractivity contribution in [3.8, 4) is 0 Å². The van der Waals surface area contributed by atoms with Gasteiger partial charge in [-0.3, -0.25) is 0 Å². The van der Waals surface area contributed by atoms with Crippen LogP contribution in [0.2, 0.25) is 0 Å². The number of nitrogens with one attached hydrogen (secondary N) is 1. The minimum absolute atomic E-state index is 0.00247. The van der Waals surface area contributed by atoms with Crippen molar-refractivity contribution < 1.29 is 14.6 Å². The topological polar surface area (TPSA) is 61.8 Å². The monoisotopic (exact) mass is 284 g/mol. The third kappa shape index (κ3) is 4.35. The van der Waals surface area contributed by atoms with Gasteiger partial charge < -0.3 is 20.1 Å². The van der Waals surface area contributed by atoms with E-state index in [0.29, 0.717) is 13.2 Å². The number of hydrogen-bond donors (Lipinski definition) is 2. The number of amides is 2. The number of aliphatic hydroxyl groups is 1. The molecule has 1 heterocycles. The van der Waals surface area contributed by atoms with Crippen LogP contribution in [0, 0.1) is 11.3 Å². The second kappa shape index (κ2) is 7.27. The molecule has 0 aromatic carbocycles. The molecule has 5 heteroatoms. The van der Waals surface area contributed by atoms with Crippen LogP contribution in [0.25, 0.3) is 0 Å². The number of likely N-dealkylation sites (tertiary alicyclic amines) is 1. The Labute approximate surface area is 121 Å². The van der Waals surface area contributed by atoms with Crippen LogP contribution in [0.15, 0.2) is 0 Å². The molecule has 0 aromatic heterocycles. The summed E-state index contributed by atoms with van der Waals surface area (Å²) in [6, 6.07) is 0.00247. The molecular formula is C15H28N2O3. The van der Waals surface area contributed by atoms with E-state index in [1.807, 2.05) is 4.90 Å². The minimum atomic E-state index is 0.00247. The molecular weight excluding hydrogens is 256 g/mol. The maximum atomic E-state index is 12.0. The molecule has 2 rings (SSSR count). The second-order valence-corrected chi connectivity index (χ2v) is 6.25. The molecule has 20 heavy (non-hydrogen) atoms. The van der Waals surface area contributed by atoms with Gasteiger partial charge in [0.05, 0.1) is 6.61 Å². The summed E-state index contributed by atoms with van der Waals surface area (Å²) >= 11 is 0. The van der Waals surface area contributed by atoms with Crippen molar-refractivity contribution in [2.24, 2.45) is 11.3 Å². The van der Waals surface area contributed by atoms with Crippen molar-refractivity contribution >= 4 is 6.03 Å². The molecule has 0 bridgehead atoms. The summed E-state index contributed by atoms with van der Waals surface area (Å²) in [7, 11) is 0. The van der Waals surface area contributed by atoms with Gasteiger partial charge in [0.1, 0.15) is 0 Å². The lowest BCUT2D eigenvalue weighted by Gasteiger charge is -2.40. The van der Waals surface area contributed by atoms with Crippen LogP contribution < -0.4 is 5.32 Å². The predicted octanol–water partition coefficient (Wildman–Crippen LogP) is 1.61. The Morgan fingerprint density at radius 3 is 2.65 bits per heavy atom. The Morgan fingerprint density at radius 2 is 2.10 bits per heavy atom. The summed E-state index contributed by atoms with van der Waals surface area (Å²) in [5.74, 6) is 0.772. The average molecular weight is 284 g/mol. The SMILES string of the molecule is CCC1(CO)CCN(C(=O)NCCOCC2CC2)CC1. The Hall–Kier alpha value is -0.810. The zero-order valence-electron chi connectivity index (χ0n) is 12.6. The molecule has 2 fully saturated rings. The first-order valence-corrected chi connectivity index (χ1v) is 7.90. The highest BCUT2D eigenvalue weighted by molar-refractivity contribution is 5.74. The molecule has 2 amide bonds. The first-order chi connectivity index (χ1) is 9.69. The van der Waals surface area contributed by atoms with Crippen molar-refractivity contribution in [1.82, 2.24) is 10.2 Å². The van der Waals surface area contributed by atoms with Gasteiger partial charge in [-0.25, -0.2) is 4.79 Å². The molecule has 1 aliphatic carbocycles. The molecule has 1 aliphatic heterocycles. The van der Waals surface area contributed by atoms with Crippen LogP contribution in [0.3, 0.4) is 0 Å². The fourth-order valence-corrected chi connectivity index (χ4v) is 2.68. The lowest BCUT2D eigenvalue weighted by molar-refractivity contribution is 0.0513. The summed E-state index contributed by atoms with van der Waals surface area (Å²) in [5.41, 5.74) is 0.0319. The first-order valence-electron chi connectivity index (χ1n) is 7.90. The second-order valence-electron chi connectivity index (χ2n) is 6.25. The maximum absolute atomic E-state index is 12.0. The van der Waals surface area contributed by atoms with Crippen molar-refractivity contribution in [3.63, 3.8) is 0 Å². The van der Waals surface area contributed by atoms with Crippen LogP contribution >= 0.6 is 0 Å². The molecule has 1 saturated carbocycles. The number of rotatable bonds is 7. The molecule has 5 nitrogen and oxygen atoms in total. The van der Waals surface area contributed by atoms with Crippen molar-refractivity contribution in [3.05, 3.63) is 0 Å². The fourth-order valence-electron chi connectivity index (χ4n) is 2.68. The van der Waals surface area contributed by atoms with Crippen LogP contribution in [0.1, 0.15) is 39.0 Å². The van der Waals surface area contributed by atoms with E-state index in [1.165, 1.54) is 12.8 Å². The Bertz CT molecular complexity index is 304. The lowest BCUT2D eigenvalue weighted by Crippen LogP contribution is -2.48. The van der Waals surface area contributed by atoms with Gasteiger partial charge in [-0.15, -0.1) is 0 Å². The van der Waals surface area contributed by atoms with Gasteiger partial charge in [-0.05, 0) is 43.4 Å². The number of nitrogens with zero attached hydrogens (tertiary/aromatic N) is 1. The van der Waals surface area contributed by atoms with Crippen molar-refractivity contribution in [2.45, 2.75) is 39.0 Å². The molecule has 0 unspecified atom stereocenters. The van der Waals surface area contributed by atoms with E-state index in [4.69, 9.17) is 4.74 Å². The quantitative estimate of drug-likeness (QED) is 0.698. The van der Waals surface area contributed by atoms with Crippen LogP contribution in [-0.4, -0.2) is 55.5 Å². The normalized spacial score (nSPS) is 21.8. The highest BCUT2D eigenvalue weighted by Gasteiger charge is 2.33. The molecule has 116 valence electrons. The maximum Gasteiger partial charge on any atom is 0.317 e. The van der Waals surface area contributed by atoms with Crippen LogP contribution in [0.4, 0.5) is 4.79 Å². The van der Waals surface area contributed by atoms with Crippen LogP contribution in [0.5, 0.6) is 0 Å². The zero-order chi connectivity index (χ0) is 14.4. The largest absolute Gasteiger partial charge is 0.396 e. The van der Waals surface area contributed by atoms with E-state index in [1.54, 1.807) is 0 Å². The van der Waals surface area contributed by atoms with Crippen LogP contribution in [-0.2, 0) is 4.74 Å². The van der Waals surface area contributed by atoms with Gasteiger partial charge >= 0.3 is 6.03 Å². The highest BCUT2D eigenvalue weighted by Crippen LogP contribution is 2.34. The number of carbonyl (C=O) groups excluding carboxylic acids is 1. The number of urea groups is 1. The summed E-state index contributed by atoms with van der Waals surface area (Å²) in [6.07, 6.45) is 5.36. The van der Waals surface area contributed by atoms with E-state index in [9.17, 15) is 9.90 Å². The molecule has 0 aromatic rings. The predicted molar refractivity (Wildman–Crippen MR) is 77.6 cm³/mol. The molecule has 2 N–H and O–H groups in total. The molecule has 0 radical (unpaired) electrons. The third-order valence-corrected chi connectivity index (χ3v) is 4.77. The van der Waals surface area contributed by atoms with Gasteiger partial charge in [0, 0.05) is 32.8 Å². The lowest BCUT2D eigenvalue weighted by atomic mass is 9.77. The van der Waals surface area contributed by atoms with Crippen molar-refractivity contribution in [1.29, 1.82) is 0 Å². The standard InChI is InChI=1S/C15H28N2O3/c1-2-15(12-18)5-8-17(9-6-15)14(19)16-7-10-20-11-13-3-4-13/h13,18H,2-12H2,1H3,(H,16,19). The summed E-state index contributed by atoms with van der Waals surface area (Å²) in [4.78, 5) is 13.8. The smallest absolute Gasteiger partial charge is 0.317 e. The van der Waals surface area contributed by atoms with E-state index in [0.717, 1.165) is 44.9 Å². The molecule has 2 aliphatic rings. The van der Waals surface area contributed by atoms with E-state index in [-0.39, 0.29) is 18.1 Å². The van der Waals surface area contributed by atoms with Gasteiger partial charge in [0.15, 0.2) is 0 Å². The van der Waals surface area contributed by atoms with Gasteiger partial charge in [-0.2, -0.15) is 0 Å². The van der Waals surface area contributed by atoms with E-state index >= 15 is 0 Å². The summed E-state index contributed by atoms with van der Waals surface area (Å²) in [5, 5.41) is 12.4. The summed E-state index contributed by atoms with van der Waals surface area (Å²) in [6.45, 7) is 5.85. The van der Waals surface area contributed by atoms with Crippen molar-refractivity contribution in [2.75, 3.05) is 39.5 Å². The number of aliphatic hydroxyl groups excluding tert-OH is 1. The fraction of sp³-hybridized carbons (Fsp3) is 0.933. The Kier molecular flexibility index (Phi) is 5.66. The molecule has 0 atom stereocenters. The van der Waals surface area contributed by atoms with Gasteiger partial charge in [0.25, 0.3) is 0 Å². The zero-order valence-corrected chi connectivity index (χ0v) is 12.6. The minimum Gasteiger partial charge on any atom is -0.396 e. The van der Waals surface area contributed by atoms with Gasteiger partial charge in [-0.1, -0.05) is 6.92 Å². The summed E-state index contributed by atoms with van der Waals surface area (Å²) < 4.78 is 5.50. The molecule has 0 spiro atoms. The first kappa shape index (κ1) is 15.6. The van der Waals surface area contributed by atoms with Gasteiger partial charge in [0.2, 0.25) is 0 Å². The Balaban J connectivity index is 1.58. The van der Waals surface area contributed by atoms with E-state index < -0.39 is 0 Å². The highest BCUT2D eigenvalue weighted by atomic mass is 16.5. The third-order valence-electron chi connectivity index (χ3n) is 4.77. The number of carbonyl (C=O) groups is 1. The average Bonchev–Trinajstić information content (AvgIpc) is 3.31. The molecule has 1 saturated heterocycles.